The molecular weight excluding hydrogens is 396 g/mol. The Kier molecular flexibility index (Phi) is 4.57. The Balaban J connectivity index is 1.55. The highest BCUT2D eigenvalue weighted by Gasteiger charge is 2.63. The average molecular weight is 421 g/mol. The molecule has 0 N–H and O–H groups in total. The monoisotopic (exact) mass is 420 g/mol. The summed E-state index contributed by atoms with van der Waals surface area (Å²) in [5, 5.41) is 10.5. The first-order chi connectivity index (χ1) is 14.5. The molecule has 5 nitrogen and oxygen atoms in total. The van der Waals surface area contributed by atoms with Crippen molar-refractivity contribution in [2.75, 3.05) is 4.90 Å². The topological polar surface area (TPSA) is 70.4 Å². The van der Waals surface area contributed by atoms with Gasteiger partial charge in [-0.05, 0) is 43.2 Å². The van der Waals surface area contributed by atoms with E-state index in [0.717, 1.165) is 35.3 Å². The lowest BCUT2D eigenvalue weighted by Crippen LogP contribution is -2.34. The minimum atomic E-state index is -0.386. The van der Waals surface area contributed by atoms with Gasteiger partial charge in [0.05, 0.1) is 29.6 Å². The fourth-order valence-electron chi connectivity index (χ4n) is 5.27. The van der Waals surface area contributed by atoms with Crippen molar-refractivity contribution in [2.24, 2.45) is 11.8 Å². The summed E-state index contributed by atoms with van der Waals surface area (Å²) in [5.74, 6) is -0.695. The fourth-order valence-corrected chi connectivity index (χ4v) is 6.40. The second-order valence-corrected chi connectivity index (χ2v) is 9.81. The lowest BCUT2D eigenvalue weighted by molar-refractivity contribution is -0.124. The van der Waals surface area contributed by atoms with Crippen LogP contribution in [0.15, 0.2) is 24.3 Å². The van der Waals surface area contributed by atoms with Crippen molar-refractivity contribution in [3.8, 4) is 17.2 Å². The van der Waals surface area contributed by atoms with Gasteiger partial charge in [-0.2, -0.15) is 5.26 Å². The Labute approximate surface area is 180 Å². The van der Waals surface area contributed by atoms with Crippen LogP contribution in [-0.2, 0) is 14.3 Å². The first kappa shape index (κ1) is 19.5. The summed E-state index contributed by atoms with van der Waals surface area (Å²) in [6.07, 6.45) is 2.43. The van der Waals surface area contributed by atoms with Gasteiger partial charge in [-0.15, -0.1) is 11.3 Å². The van der Waals surface area contributed by atoms with Gasteiger partial charge in [0.1, 0.15) is 11.1 Å². The van der Waals surface area contributed by atoms with Crippen molar-refractivity contribution >= 4 is 28.2 Å². The second kappa shape index (κ2) is 7.04. The molecule has 5 atom stereocenters. The number of hydrogen-bond donors (Lipinski definition) is 0. The zero-order chi connectivity index (χ0) is 21.2. The Morgan fingerprint density at radius 3 is 2.30 bits per heavy atom. The molecule has 5 rings (SSSR count). The standard InChI is InChI=1S/C24H24N2O3S/c1-4-12(2)14-5-7-15(8-6-14)19-13(3)30-24(16(19)11-25)26-22(27)20-17-9-10-18(29-17)21(20)23(26)28/h5-8,12,17-18,20-21H,4,9-10H2,1-3H3/t12-,17-,18+,20+,21+/m1/s1. The van der Waals surface area contributed by atoms with E-state index in [1.807, 2.05) is 19.1 Å². The number of imide groups is 1. The van der Waals surface area contributed by atoms with Crippen LogP contribution in [0.3, 0.4) is 0 Å². The summed E-state index contributed by atoms with van der Waals surface area (Å²) in [6, 6.07) is 10.6. The third kappa shape index (κ3) is 2.62. The van der Waals surface area contributed by atoms with Crippen molar-refractivity contribution < 1.29 is 14.3 Å². The third-order valence-electron chi connectivity index (χ3n) is 7.05. The molecule has 0 radical (unpaired) electrons. The molecule has 3 saturated heterocycles. The molecule has 3 fully saturated rings. The van der Waals surface area contributed by atoms with E-state index in [1.165, 1.54) is 21.8 Å². The summed E-state index contributed by atoms with van der Waals surface area (Å²) in [6.45, 7) is 6.31. The van der Waals surface area contributed by atoms with Gasteiger partial charge in [0.15, 0.2) is 0 Å². The quantitative estimate of drug-likeness (QED) is 0.668. The molecule has 1 aromatic heterocycles. The van der Waals surface area contributed by atoms with Crippen LogP contribution in [0.25, 0.3) is 11.1 Å². The number of nitriles is 1. The molecule has 2 aromatic rings. The number of hydrogen-bond acceptors (Lipinski definition) is 5. The van der Waals surface area contributed by atoms with Crippen LogP contribution in [0.1, 0.15) is 55.0 Å². The molecule has 1 aromatic carbocycles. The number of aryl methyl sites for hydroxylation is 1. The van der Waals surface area contributed by atoms with E-state index in [2.05, 4.69) is 32.0 Å². The van der Waals surface area contributed by atoms with Crippen LogP contribution < -0.4 is 4.90 Å². The number of ether oxygens (including phenoxy) is 1. The summed E-state index contributed by atoms with van der Waals surface area (Å²) >= 11 is 1.36. The number of benzene rings is 1. The molecule has 0 spiro atoms. The Morgan fingerprint density at radius 2 is 1.77 bits per heavy atom. The van der Waals surface area contributed by atoms with Crippen molar-refractivity contribution in [3.63, 3.8) is 0 Å². The number of anilines is 1. The van der Waals surface area contributed by atoms with Gasteiger partial charge in [0, 0.05) is 10.4 Å². The maximum Gasteiger partial charge on any atom is 0.241 e. The van der Waals surface area contributed by atoms with Crippen molar-refractivity contribution in [2.45, 2.75) is 58.2 Å². The minimum absolute atomic E-state index is 0.152. The maximum atomic E-state index is 13.2. The van der Waals surface area contributed by atoms with Crippen LogP contribution in [0.4, 0.5) is 5.00 Å². The maximum absolute atomic E-state index is 13.2. The molecule has 2 bridgehead atoms. The van der Waals surface area contributed by atoms with E-state index >= 15 is 0 Å². The fraction of sp³-hybridized carbons (Fsp3) is 0.458. The van der Waals surface area contributed by atoms with E-state index in [4.69, 9.17) is 4.74 Å². The molecule has 6 heteroatoms. The van der Waals surface area contributed by atoms with Gasteiger partial charge in [0.25, 0.3) is 0 Å². The number of nitrogens with zero attached hydrogens (tertiary/aromatic N) is 2. The molecule has 2 amide bonds. The van der Waals surface area contributed by atoms with Gasteiger partial charge < -0.3 is 4.74 Å². The van der Waals surface area contributed by atoms with Gasteiger partial charge >= 0.3 is 0 Å². The normalized spacial score (nSPS) is 28.1. The molecule has 4 heterocycles. The summed E-state index contributed by atoms with van der Waals surface area (Å²) in [7, 11) is 0. The molecule has 3 aliphatic rings. The zero-order valence-corrected chi connectivity index (χ0v) is 18.2. The summed E-state index contributed by atoms with van der Waals surface area (Å²) in [4.78, 5) is 28.6. The minimum Gasteiger partial charge on any atom is -0.373 e. The molecule has 0 unspecified atom stereocenters. The van der Waals surface area contributed by atoms with E-state index < -0.39 is 0 Å². The number of carbonyl (C=O) groups excluding carboxylic acids is 2. The number of fused-ring (bicyclic) bond motifs is 5. The zero-order valence-electron chi connectivity index (χ0n) is 17.3. The number of thiophene rings is 1. The van der Waals surface area contributed by atoms with Crippen LogP contribution in [0.5, 0.6) is 0 Å². The van der Waals surface area contributed by atoms with Gasteiger partial charge in [-0.1, -0.05) is 38.1 Å². The molecule has 30 heavy (non-hydrogen) atoms. The lowest BCUT2D eigenvalue weighted by atomic mass is 9.81. The van der Waals surface area contributed by atoms with Crippen molar-refractivity contribution in [3.05, 3.63) is 40.3 Å². The highest BCUT2D eigenvalue weighted by Crippen LogP contribution is 2.52. The summed E-state index contributed by atoms with van der Waals surface area (Å²) in [5.41, 5.74) is 3.45. The predicted octanol–water partition coefficient (Wildman–Crippen LogP) is 4.78. The van der Waals surface area contributed by atoms with E-state index in [-0.39, 0.29) is 35.9 Å². The van der Waals surface area contributed by atoms with Crippen molar-refractivity contribution in [1.82, 2.24) is 0 Å². The van der Waals surface area contributed by atoms with Gasteiger partial charge in [-0.25, -0.2) is 4.90 Å². The Bertz CT molecular complexity index is 1050. The third-order valence-corrected chi connectivity index (χ3v) is 8.14. The van der Waals surface area contributed by atoms with Gasteiger partial charge in [-0.3, -0.25) is 9.59 Å². The molecule has 3 aliphatic heterocycles. The molecule has 0 saturated carbocycles. The summed E-state index contributed by atoms with van der Waals surface area (Å²) < 4.78 is 5.83. The predicted molar refractivity (Wildman–Crippen MR) is 115 cm³/mol. The Hall–Kier alpha value is -2.49. The molecule has 154 valence electrons. The number of amides is 2. The van der Waals surface area contributed by atoms with E-state index in [1.54, 1.807) is 0 Å². The van der Waals surface area contributed by atoms with E-state index in [9.17, 15) is 14.9 Å². The number of carbonyl (C=O) groups is 2. The largest absolute Gasteiger partial charge is 0.373 e. The Morgan fingerprint density at radius 1 is 1.17 bits per heavy atom. The van der Waals surface area contributed by atoms with Gasteiger partial charge in [0.2, 0.25) is 11.8 Å². The van der Waals surface area contributed by atoms with Crippen LogP contribution in [-0.4, -0.2) is 24.0 Å². The lowest BCUT2D eigenvalue weighted by Gasteiger charge is -2.16. The average Bonchev–Trinajstić information content (AvgIpc) is 3.50. The highest BCUT2D eigenvalue weighted by atomic mass is 32.1. The second-order valence-electron chi connectivity index (χ2n) is 8.61. The smallest absolute Gasteiger partial charge is 0.241 e. The van der Waals surface area contributed by atoms with Crippen LogP contribution in [0, 0.1) is 30.1 Å². The van der Waals surface area contributed by atoms with E-state index in [0.29, 0.717) is 16.5 Å². The van der Waals surface area contributed by atoms with Crippen LogP contribution >= 0.6 is 11.3 Å². The highest BCUT2D eigenvalue weighted by molar-refractivity contribution is 7.17. The first-order valence-electron chi connectivity index (χ1n) is 10.6. The van der Waals surface area contributed by atoms with Crippen molar-refractivity contribution in [1.29, 1.82) is 5.26 Å². The molecule has 0 aliphatic carbocycles. The number of rotatable bonds is 4. The van der Waals surface area contributed by atoms with Crippen LogP contribution in [0.2, 0.25) is 0 Å². The first-order valence-corrected chi connectivity index (χ1v) is 11.4. The SMILES string of the molecule is CC[C@@H](C)c1ccc(-c2c(C)sc(N3C(=O)[C@@H]4[C@@H](C3=O)[C@H]3CC[C@@H]4O3)c2C#N)cc1. The molecular formula is C24H24N2O3S.